The van der Waals surface area contributed by atoms with Crippen molar-refractivity contribution in [3.05, 3.63) is 34.9 Å². The van der Waals surface area contributed by atoms with Gasteiger partial charge in [0.25, 0.3) is 0 Å². The monoisotopic (exact) mass is 309 g/mol. The van der Waals surface area contributed by atoms with Crippen LogP contribution in [0, 0.1) is 11.8 Å². The Morgan fingerprint density at radius 1 is 1.48 bits per heavy atom. The van der Waals surface area contributed by atoms with E-state index in [1.165, 1.54) is 0 Å². The molecule has 1 heterocycles. The van der Waals surface area contributed by atoms with Gasteiger partial charge in [-0.3, -0.25) is 9.59 Å². The molecule has 0 aliphatic carbocycles. The Balaban J connectivity index is 2.01. The van der Waals surface area contributed by atoms with Crippen LogP contribution in [0.5, 0.6) is 0 Å². The number of carboxylic acids is 1. The van der Waals surface area contributed by atoms with Crippen LogP contribution in [0.4, 0.5) is 0 Å². The molecule has 1 saturated heterocycles. The first-order valence-electron chi connectivity index (χ1n) is 7.18. The zero-order valence-electron chi connectivity index (χ0n) is 12.3. The number of rotatable bonds is 4. The number of amides is 1. The van der Waals surface area contributed by atoms with E-state index in [9.17, 15) is 9.59 Å². The summed E-state index contributed by atoms with van der Waals surface area (Å²) < 4.78 is 0. The zero-order chi connectivity index (χ0) is 15.6. The highest BCUT2D eigenvalue weighted by molar-refractivity contribution is 6.30. The van der Waals surface area contributed by atoms with Crippen LogP contribution >= 0.6 is 11.6 Å². The zero-order valence-corrected chi connectivity index (χ0v) is 13.0. The number of aliphatic carboxylic acids is 1. The molecule has 4 nitrogen and oxygen atoms in total. The summed E-state index contributed by atoms with van der Waals surface area (Å²) in [4.78, 5) is 25.3. The molecule has 114 valence electrons. The van der Waals surface area contributed by atoms with Gasteiger partial charge in [0.15, 0.2) is 0 Å². The minimum Gasteiger partial charge on any atom is -0.481 e. The third-order valence-electron chi connectivity index (χ3n) is 4.21. The molecular formula is C16H20ClNO3. The van der Waals surface area contributed by atoms with Gasteiger partial charge >= 0.3 is 5.97 Å². The standard InChI is InChI=1S/C16H20ClNO3/c1-10(8-12-4-3-5-13(17)9-12)15(19)18-7-6-14(11(18)2)16(20)21/h3-5,9-11,14H,6-8H2,1-2H3,(H,20,21). The van der Waals surface area contributed by atoms with Gasteiger partial charge < -0.3 is 10.0 Å². The second-order valence-corrected chi connectivity index (χ2v) is 6.18. The van der Waals surface area contributed by atoms with Gasteiger partial charge in [-0.25, -0.2) is 0 Å². The van der Waals surface area contributed by atoms with Gasteiger partial charge in [-0.2, -0.15) is 0 Å². The second kappa shape index (κ2) is 6.48. The predicted molar refractivity (Wildman–Crippen MR) is 81.2 cm³/mol. The van der Waals surface area contributed by atoms with Crippen LogP contribution in [0.1, 0.15) is 25.8 Å². The van der Waals surface area contributed by atoms with Crippen molar-refractivity contribution in [3.8, 4) is 0 Å². The van der Waals surface area contributed by atoms with E-state index in [1.54, 1.807) is 11.0 Å². The third-order valence-corrected chi connectivity index (χ3v) is 4.44. The summed E-state index contributed by atoms with van der Waals surface area (Å²) in [6.45, 7) is 4.22. The van der Waals surface area contributed by atoms with Gasteiger partial charge in [-0.15, -0.1) is 0 Å². The number of carbonyl (C=O) groups excluding carboxylic acids is 1. The summed E-state index contributed by atoms with van der Waals surface area (Å²) in [6.07, 6.45) is 1.15. The molecule has 2 rings (SSSR count). The lowest BCUT2D eigenvalue weighted by Crippen LogP contribution is -2.40. The summed E-state index contributed by atoms with van der Waals surface area (Å²) in [7, 11) is 0. The number of nitrogens with zero attached hydrogens (tertiary/aromatic N) is 1. The van der Waals surface area contributed by atoms with Crippen molar-refractivity contribution >= 4 is 23.5 Å². The van der Waals surface area contributed by atoms with E-state index in [4.69, 9.17) is 16.7 Å². The molecule has 1 fully saturated rings. The molecule has 1 aliphatic heterocycles. The minimum atomic E-state index is -0.819. The maximum atomic E-state index is 12.5. The van der Waals surface area contributed by atoms with Crippen molar-refractivity contribution in [1.29, 1.82) is 0 Å². The maximum Gasteiger partial charge on any atom is 0.308 e. The number of halogens is 1. The Bertz CT molecular complexity index is 546. The van der Waals surface area contributed by atoms with Crippen molar-refractivity contribution in [1.82, 2.24) is 4.90 Å². The fraction of sp³-hybridized carbons (Fsp3) is 0.500. The lowest BCUT2D eigenvalue weighted by molar-refractivity contribution is -0.143. The molecule has 1 amide bonds. The summed E-state index contributed by atoms with van der Waals surface area (Å²) in [5.74, 6) is -1.43. The fourth-order valence-corrected chi connectivity index (χ4v) is 3.18. The number of carbonyl (C=O) groups is 2. The molecule has 0 radical (unpaired) electrons. The van der Waals surface area contributed by atoms with Gasteiger partial charge in [-0.1, -0.05) is 30.7 Å². The molecule has 1 aliphatic rings. The fourth-order valence-electron chi connectivity index (χ4n) is 2.97. The first-order valence-corrected chi connectivity index (χ1v) is 7.55. The maximum absolute atomic E-state index is 12.5. The largest absolute Gasteiger partial charge is 0.481 e. The quantitative estimate of drug-likeness (QED) is 0.930. The van der Waals surface area contributed by atoms with Crippen molar-refractivity contribution in [2.75, 3.05) is 6.54 Å². The highest BCUT2D eigenvalue weighted by Crippen LogP contribution is 2.27. The topological polar surface area (TPSA) is 57.6 Å². The molecule has 3 atom stereocenters. The van der Waals surface area contributed by atoms with E-state index in [-0.39, 0.29) is 17.9 Å². The molecule has 1 aromatic rings. The Hall–Kier alpha value is -1.55. The minimum absolute atomic E-state index is 0.0197. The number of hydrogen-bond donors (Lipinski definition) is 1. The molecule has 3 unspecified atom stereocenters. The van der Waals surface area contributed by atoms with Crippen molar-refractivity contribution in [2.45, 2.75) is 32.7 Å². The SMILES string of the molecule is CC(Cc1cccc(Cl)c1)C(=O)N1CCC(C(=O)O)C1C. The highest BCUT2D eigenvalue weighted by atomic mass is 35.5. The van der Waals surface area contributed by atoms with E-state index in [0.717, 1.165) is 5.56 Å². The van der Waals surface area contributed by atoms with Crippen LogP contribution in [0.25, 0.3) is 0 Å². The van der Waals surface area contributed by atoms with Crippen LogP contribution in [0.15, 0.2) is 24.3 Å². The van der Waals surface area contributed by atoms with Gasteiger partial charge in [0.05, 0.1) is 5.92 Å². The Morgan fingerprint density at radius 3 is 2.76 bits per heavy atom. The van der Waals surface area contributed by atoms with Gasteiger partial charge in [0.1, 0.15) is 0 Å². The second-order valence-electron chi connectivity index (χ2n) is 5.74. The van der Waals surface area contributed by atoms with Gasteiger partial charge in [0.2, 0.25) is 5.91 Å². The normalized spacial score (nSPS) is 23.1. The molecule has 21 heavy (non-hydrogen) atoms. The number of likely N-dealkylation sites (tertiary alicyclic amines) is 1. The van der Waals surface area contributed by atoms with Gasteiger partial charge in [-0.05, 0) is 37.5 Å². The summed E-state index contributed by atoms with van der Waals surface area (Å²) in [5, 5.41) is 9.79. The van der Waals surface area contributed by atoms with Gasteiger partial charge in [0, 0.05) is 23.5 Å². The van der Waals surface area contributed by atoms with E-state index in [1.807, 2.05) is 32.0 Å². The summed E-state index contributed by atoms with van der Waals surface area (Å²) in [5.41, 5.74) is 1.02. The Kier molecular flexibility index (Phi) is 4.88. The Labute approximate surface area is 129 Å². The van der Waals surface area contributed by atoms with E-state index in [0.29, 0.717) is 24.4 Å². The molecular weight excluding hydrogens is 290 g/mol. The van der Waals surface area contributed by atoms with Crippen LogP contribution in [0.3, 0.4) is 0 Å². The van der Waals surface area contributed by atoms with Crippen molar-refractivity contribution in [2.24, 2.45) is 11.8 Å². The average Bonchev–Trinajstić information content (AvgIpc) is 2.79. The highest BCUT2D eigenvalue weighted by Gasteiger charge is 2.39. The van der Waals surface area contributed by atoms with Crippen LogP contribution in [0.2, 0.25) is 5.02 Å². The van der Waals surface area contributed by atoms with Crippen molar-refractivity contribution in [3.63, 3.8) is 0 Å². The van der Waals surface area contributed by atoms with Crippen LogP contribution in [-0.2, 0) is 16.0 Å². The Morgan fingerprint density at radius 2 is 2.19 bits per heavy atom. The molecule has 1 N–H and O–H groups in total. The molecule has 0 spiro atoms. The molecule has 0 aromatic heterocycles. The number of hydrogen-bond acceptors (Lipinski definition) is 2. The number of carboxylic acid groups (broad SMARTS) is 1. The molecule has 0 saturated carbocycles. The first kappa shape index (κ1) is 15.8. The molecule has 0 bridgehead atoms. The lowest BCUT2D eigenvalue weighted by atomic mass is 9.98. The third kappa shape index (κ3) is 3.56. The average molecular weight is 310 g/mol. The van der Waals surface area contributed by atoms with Crippen LogP contribution in [-0.4, -0.2) is 34.5 Å². The molecule has 1 aromatic carbocycles. The van der Waals surface area contributed by atoms with Crippen molar-refractivity contribution < 1.29 is 14.7 Å². The number of benzene rings is 1. The lowest BCUT2D eigenvalue weighted by Gasteiger charge is -2.26. The molecule has 5 heteroatoms. The first-order chi connectivity index (χ1) is 9.90. The van der Waals surface area contributed by atoms with Crippen LogP contribution < -0.4 is 0 Å². The smallest absolute Gasteiger partial charge is 0.308 e. The van der Waals surface area contributed by atoms with E-state index < -0.39 is 11.9 Å². The van der Waals surface area contributed by atoms with E-state index >= 15 is 0 Å². The summed E-state index contributed by atoms with van der Waals surface area (Å²) >= 11 is 5.95. The summed E-state index contributed by atoms with van der Waals surface area (Å²) in [6, 6.07) is 7.24. The predicted octanol–water partition coefficient (Wildman–Crippen LogP) is 2.84. The van der Waals surface area contributed by atoms with E-state index in [2.05, 4.69) is 0 Å².